The molecule has 0 atom stereocenters. The van der Waals surface area contributed by atoms with Crippen molar-refractivity contribution in [3.05, 3.63) is 87.0 Å². The van der Waals surface area contributed by atoms with Crippen molar-refractivity contribution in [2.75, 3.05) is 5.32 Å². The first-order chi connectivity index (χ1) is 15.4. The molecule has 1 N–H and O–H groups in total. The van der Waals surface area contributed by atoms with E-state index in [1.54, 1.807) is 6.07 Å². The maximum absolute atomic E-state index is 12.8. The van der Waals surface area contributed by atoms with Gasteiger partial charge in [-0.25, -0.2) is 9.78 Å². The molecule has 0 fully saturated rings. The fraction of sp³-hybridized carbons (Fsp3) is 0.200. The molecular weight excluding hydrogens is 422 g/mol. The van der Waals surface area contributed by atoms with Crippen LogP contribution in [0.3, 0.4) is 0 Å². The normalized spacial score (nSPS) is 10.8. The molecule has 6 nitrogen and oxygen atoms in total. The van der Waals surface area contributed by atoms with Gasteiger partial charge in [-0.05, 0) is 51.1 Å². The number of aromatic nitrogens is 2. The zero-order chi connectivity index (χ0) is 22.7. The summed E-state index contributed by atoms with van der Waals surface area (Å²) in [5.41, 5.74) is 5.55. The minimum Gasteiger partial charge on any atom is -0.456 e. The second kappa shape index (κ2) is 9.28. The van der Waals surface area contributed by atoms with E-state index < -0.39 is 5.97 Å². The topological polar surface area (TPSA) is 81.2 Å². The Hall–Kier alpha value is -3.58. The molecule has 2 aromatic carbocycles. The van der Waals surface area contributed by atoms with Crippen molar-refractivity contribution in [2.24, 2.45) is 0 Å². The number of pyridine rings is 1. The number of hydrogen-bond acceptors (Lipinski definition) is 6. The number of rotatable bonds is 6. The van der Waals surface area contributed by atoms with Crippen LogP contribution < -0.4 is 5.32 Å². The van der Waals surface area contributed by atoms with Gasteiger partial charge in [-0.3, -0.25) is 9.78 Å². The third-order valence-corrected chi connectivity index (χ3v) is 5.81. The zero-order valence-electron chi connectivity index (χ0n) is 18.1. The molecule has 32 heavy (non-hydrogen) atoms. The summed E-state index contributed by atoms with van der Waals surface area (Å²) in [5.74, 6) is -0.557. The molecule has 2 heterocycles. The summed E-state index contributed by atoms with van der Waals surface area (Å²) in [7, 11) is 0. The highest BCUT2D eigenvalue weighted by Crippen LogP contribution is 2.22. The lowest BCUT2D eigenvalue weighted by atomic mass is 10.1. The largest absolute Gasteiger partial charge is 0.456 e. The molecular formula is C25H23N3O3S. The van der Waals surface area contributed by atoms with Gasteiger partial charge in [-0.1, -0.05) is 29.3 Å². The van der Waals surface area contributed by atoms with Gasteiger partial charge in [0.15, 0.2) is 0 Å². The molecule has 0 aliphatic rings. The molecule has 1 amide bonds. The third kappa shape index (κ3) is 5.18. The van der Waals surface area contributed by atoms with Crippen molar-refractivity contribution in [2.45, 2.75) is 33.8 Å². The van der Waals surface area contributed by atoms with Gasteiger partial charge in [-0.2, -0.15) is 0 Å². The van der Waals surface area contributed by atoms with E-state index in [1.807, 2.05) is 68.6 Å². The summed E-state index contributed by atoms with van der Waals surface area (Å²) >= 11 is 1.37. The second-order valence-electron chi connectivity index (χ2n) is 7.73. The number of benzene rings is 2. The van der Waals surface area contributed by atoms with Crippen molar-refractivity contribution >= 4 is 39.8 Å². The van der Waals surface area contributed by atoms with Crippen LogP contribution in [0.1, 0.15) is 37.9 Å². The van der Waals surface area contributed by atoms with Crippen LogP contribution in [0.4, 0.5) is 5.69 Å². The van der Waals surface area contributed by atoms with Crippen LogP contribution in [-0.2, 0) is 22.6 Å². The second-order valence-corrected chi connectivity index (χ2v) is 8.67. The van der Waals surface area contributed by atoms with E-state index in [2.05, 4.69) is 15.3 Å². The van der Waals surface area contributed by atoms with Gasteiger partial charge in [0.1, 0.15) is 11.6 Å². The first kappa shape index (κ1) is 21.6. The molecule has 7 heteroatoms. The van der Waals surface area contributed by atoms with Crippen LogP contribution in [0, 0.1) is 20.8 Å². The number of nitrogens with one attached hydrogen (secondary N) is 1. The van der Waals surface area contributed by atoms with Gasteiger partial charge in [0.05, 0.1) is 23.2 Å². The maximum Gasteiger partial charge on any atom is 0.339 e. The highest BCUT2D eigenvalue weighted by atomic mass is 32.1. The Kier molecular flexibility index (Phi) is 6.28. The van der Waals surface area contributed by atoms with Gasteiger partial charge in [0.25, 0.3) is 0 Å². The molecule has 0 aliphatic heterocycles. The molecule has 0 radical (unpaired) electrons. The van der Waals surface area contributed by atoms with Crippen LogP contribution in [0.15, 0.2) is 53.9 Å². The predicted octanol–water partition coefficient (Wildman–Crippen LogP) is 5.15. The fourth-order valence-electron chi connectivity index (χ4n) is 3.33. The number of hydrogen-bond donors (Lipinski definition) is 1. The Bertz CT molecular complexity index is 1300. The monoisotopic (exact) mass is 445 g/mol. The van der Waals surface area contributed by atoms with E-state index in [0.717, 1.165) is 33.4 Å². The third-order valence-electron chi connectivity index (χ3n) is 4.91. The number of carbonyl (C=O) groups excluding carboxylic acids is 2. The molecule has 0 bridgehead atoms. The van der Waals surface area contributed by atoms with Gasteiger partial charge < -0.3 is 10.1 Å². The lowest BCUT2D eigenvalue weighted by Gasteiger charge is -2.08. The zero-order valence-corrected chi connectivity index (χ0v) is 19.0. The summed E-state index contributed by atoms with van der Waals surface area (Å²) < 4.78 is 5.52. The van der Waals surface area contributed by atoms with E-state index in [1.165, 1.54) is 11.3 Å². The summed E-state index contributed by atoms with van der Waals surface area (Å²) in [6.45, 7) is 5.86. The highest BCUT2D eigenvalue weighted by Gasteiger charge is 2.15. The SMILES string of the molecule is Cc1ccc(NC(=O)Cc2nc(COC(=O)c3cc(C)nc4ccc(C)cc34)cs2)cc1. The van der Waals surface area contributed by atoms with Crippen molar-refractivity contribution in [1.29, 1.82) is 0 Å². The Morgan fingerprint density at radius 2 is 1.72 bits per heavy atom. The average Bonchev–Trinajstić information content (AvgIpc) is 3.20. The minimum atomic E-state index is -0.419. The number of aryl methyl sites for hydroxylation is 3. The van der Waals surface area contributed by atoms with Gasteiger partial charge in [0, 0.05) is 22.1 Å². The molecule has 4 aromatic rings. The number of amides is 1. The average molecular weight is 446 g/mol. The van der Waals surface area contributed by atoms with Crippen LogP contribution in [0.25, 0.3) is 10.9 Å². The number of carbonyl (C=O) groups is 2. The van der Waals surface area contributed by atoms with E-state index in [9.17, 15) is 9.59 Å². The van der Waals surface area contributed by atoms with Crippen molar-refractivity contribution in [1.82, 2.24) is 9.97 Å². The molecule has 2 aromatic heterocycles. The first-order valence-corrected chi connectivity index (χ1v) is 11.1. The van der Waals surface area contributed by atoms with Crippen LogP contribution in [0.5, 0.6) is 0 Å². The van der Waals surface area contributed by atoms with Crippen molar-refractivity contribution in [3.8, 4) is 0 Å². The van der Waals surface area contributed by atoms with Gasteiger partial charge in [0.2, 0.25) is 5.91 Å². The van der Waals surface area contributed by atoms with Crippen LogP contribution >= 0.6 is 11.3 Å². The standard InChI is InChI=1S/C25H23N3O3S/c1-15-4-7-18(8-5-15)27-23(29)12-24-28-19(14-32-24)13-31-25(30)21-11-17(3)26-22-9-6-16(2)10-20(21)22/h4-11,14H,12-13H2,1-3H3,(H,27,29). The minimum absolute atomic E-state index is 0.0452. The molecule has 0 saturated carbocycles. The fourth-order valence-corrected chi connectivity index (χ4v) is 4.11. The number of ether oxygens (including phenoxy) is 1. The molecule has 162 valence electrons. The van der Waals surface area contributed by atoms with E-state index in [-0.39, 0.29) is 18.9 Å². The van der Waals surface area contributed by atoms with Crippen LogP contribution in [-0.4, -0.2) is 21.8 Å². The summed E-state index contributed by atoms with van der Waals surface area (Å²) in [6, 6.07) is 15.2. The quantitative estimate of drug-likeness (QED) is 0.415. The maximum atomic E-state index is 12.8. The molecule has 0 aliphatic carbocycles. The van der Waals surface area contributed by atoms with Crippen molar-refractivity contribution < 1.29 is 14.3 Å². The summed E-state index contributed by atoms with van der Waals surface area (Å²) in [5, 5.41) is 6.11. The number of anilines is 1. The molecule has 4 rings (SSSR count). The lowest BCUT2D eigenvalue weighted by molar-refractivity contribution is -0.115. The Labute approximate surface area is 190 Å². The van der Waals surface area contributed by atoms with Gasteiger partial charge in [-0.15, -0.1) is 11.3 Å². The Balaban J connectivity index is 1.38. The number of fused-ring (bicyclic) bond motifs is 1. The summed E-state index contributed by atoms with van der Waals surface area (Å²) in [6.07, 6.45) is 0.167. The van der Waals surface area contributed by atoms with Crippen molar-refractivity contribution in [3.63, 3.8) is 0 Å². The van der Waals surface area contributed by atoms with E-state index in [4.69, 9.17) is 4.74 Å². The molecule has 0 unspecified atom stereocenters. The predicted molar refractivity (Wildman–Crippen MR) is 126 cm³/mol. The highest BCUT2D eigenvalue weighted by molar-refractivity contribution is 7.09. The van der Waals surface area contributed by atoms with Gasteiger partial charge >= 0.3 is 5.97 Å². The van der Waals surface area contributed by atoms with E-state index in [0.29, 0.717) is 16.3 Å². The van der Waals surface area contributed by atoms with Crippen LogP contribution in [0.2, 0.25) is 0 Å². The Morgan fingerprint density at radius 3 is 2.50 bits per heavy atom. The number of esters is 1. The number of thiazole rings is 1. The summed E-state index contributed by atoms with van der Waals surface area (Å²) in [4.78, 5) is 34.0. The number of nitrogens with zero attached hydrogens (tertiary/aromatic N) is 2. The molecule has 0 spiro atoms. The lowest BCUT2D eigenvalue weighted by Crippen LogP contribution is -2.14. The smallest absolute Gasteiger partial charge is 0.339 e. The van der Waals surface area contributed by atoms with E-state index >= 15 is 0 Å². The first-order valence-electron chi connectivity index (χ1n) is 10.2. The molecule has 0 saturated heterocycles. The Morgan fingerprint density at radius 1 is 0.969 bits per heavy atom.